The average Bonchev–Trinajstić information content (AvgIpc) is 3.08. The summed E-state index contributed by atoms with van der Waals surface area (Å²) in [6.45, 7) is 4.60. The fraction of sp³-hybridized carbons (Fsp3) is 0.571. The first-order valence-corrected chi connectivity index (χ1v) is 10.3. The zero-order chi connectivity index (χ0) is 17.6. The maximum atomic E-state index is 11.6. The van der Waals surface area contributed by atoms with Crippen molar-refractivity contribution in [3.05, 3.63) is 16.1 Å². The summed E-state index contributed by atoms with van der Waals surface area (Å²) in [6, 6.07) is -0.117. The molecule has 132 valence electrons. The molecule has 8 nitrogen and oxygen atoms in total. The minimum Gasteiger partial charge on any atom is -0.397 e. The van der Waals surface area contributed by atoms with Crippen LogP contribution in [0.4, 0.5) is 5.69 Å². The first-order chi connectivity index (χ1) is 11.2. The zero-order valence-electron chi connectivity index (χ0n) is 13.8. The van der Waals surface area contributed by atoms with Crippen LogP contribution in [0.3, 0.4) is 0 Å². The Kier molecular flexibility index (Phi) is 4.51. The van der Waals surface area contributed by atoms with Gasteiger partial charge in [0.1, 0.15) is 11.1 Å². The van der Waals surface area contributed by atoms with Gasteiger partial charge in [0.05, 0.1) is 22.5 Å². The monoisotopic (exact) mass is 371 g/mol. The Morgan fingerprint density at radius 2 is 2.12 bits per heavy atom. The third kappa shape index (κ3) is 3.11. The molecule has 1 saturated heterocycles. The second-order valence-corrected chi connectivity index (χ2v) is 9.16. The topological polar surface area (TPSA) is 121 Å². The van der Waals surface area contributed by atoms with Crippen molar-refractivity contribution < 1.29 is 13.5 Å². The van der Waals surface area contributed by atoms with Gasteiger partial charge >= 0.3 is 0 Å². The van der Waals surface area contributed by atoms with E-state index in [1.165, 1.54) is 21.9 Å². The molecule has 4 N–H and O–H groups in total. The molecule has 0 spiro atoms. The Bertz CT molecular complexity index is 880. The van der Waals surface area contributed by atoms with Gasteiger partial charge in [-0.05, 0) is 25.8 Å². The van der Waals surface area contributed by atoms with Gasteiger partial charge in [0.2, 0.25) is 10.0 Å². The van der Waals surface area contributed by atoms with E-state index in [9.17, 15) is 13.5 Å². The van der Waals surface area contributed by atoms with Crippen LogP contribution in [0.5, 0.6) is 0 Å². The van der Waals surface area contributed by atoms with Gasteiger partial charge in [-0.3, -0.25) is 5.32 Å². The maximum absolute atomic E-state index is 11.6. The van der Waals surface area contributed by atoms with Crippen LogP contribution in [0.15, 0.2) is 0 Å². The summed E-state index contributed by atoms with van der Waals surface area (Å²) >= 11 is 1.30. The summed E-state index contributed by atoms with van der Waals surface area (Å²) in [7, 11) is -3.20. The summed E-state index contributed by atoms with van der Waals surface area (Å²) in [4.78, 5) is 1.28. The average molecular weight is 371 g/mol. The third-order valence-corrected chi connectivity index (χ3v) is 6.84. The van der Waals surface area contributed by atoms with E-state index < -0.39 is 16.3 Å². The van der Waals surface area contributed by atoms with E-state index in [-0.39, 0.29) is 6.04 Å². The standard InChI is InChI=1S/C14H21N5O3S2/c1-7-8(2)17-18-14-10(7)11(15)12(23-14)13(20)16-9-4-5-19(6-9)24(3,21)22/h9,13,16,20H,4-6,15H2,1-3H3/t9-,13?/m0/s1. The van der Waals surface area contributed by atoms with Crippen molar-refractivity contribution in [2.45, 2.75) is 32.5 Å². The van der Waals surface area contributed by atoms with E-state index in [2.05, 4.69) is 15.5 Å². The number of fused-ring (bicyclic) bond motifs is 1. The molecule has 0 aromatic carbocycles. The van der Waals surface area contributed by atoms with Crippen LogP contribution in [0.2, 0.25) is 0 Å². The van der Waals surface area contributed by atoms with Crippen LogP contribution in [-0.4, -0.2) is 53.4 Å². The van der Waals surface area contributed by atoms with Crippen LogP contribution in [0.1, 0.15) is 28.8 Å². The third-order valence-electron chi connectivity index (χ3n) is 4.43. The number of sulfonamides is 1. The van der Waals surface area contributed by atoms with Crippen molar-refractivity contribution in [2.75, 3.05) is 25.1 Å². The number of nitrogen functional groups attached to an aromatic ring is 1. The Hall–Kier alpha value is -1.33. The lowest BCUT2D eigenvalue weighted by molar-refractivity contribution is 0.129. The fourth-order valence-electron chi connectivity index (χ4n) is 2.93. The Morgan fingerprint density at radius 3 is 2.75 bits per heavy atom. The molecule has 10 heteroatoms. The first-order valence-electron chi connectivity index (χ1n) is 7.59. The molecule has 0 bridgehead atoms. The lowest BCUT2D eigenvalue weighted by Crippen LogP contribution is -2.36. The first kappa shape index (κ1) is 17.5. The fourth-order valence-corrected chi connectivity index (χ4v) is 4.86. The molecule has 0 aliphatic carbocycles. The molecular formula is C14H21N5O3S2. The molecule has 2 aromatic rings. The number of rotatable bonds is 4. The summed E-state index contributed by atoms with van der Waals surface area (Å²) in [5.74, 6) is 0. The summed E-state index contributed by atoms with van der Waals surface area (Å²) in [5, 5.41) is 22.6. The van der Waals surface area contributed by atoms with Gasteiger partial charge in [-0.2, -0.15) is 5.10 Å². The molecule has 0 saturated carbocycles. The Morgan fingerprint density at radius 1 is 1.42 bits per heavy atom. The smallest absolute Gasteiger partial charge is 0.211 e. The number of nitrogens with zero attached hydrogens (tertiary/aromatic N) is 3. The number of nitrogens with two attached hydrogens (primary N) is 1. The van der Waals surface area contributed by atoms with Gasteiger partial charge in [-0.15, -0.1) is 16.4 Å². The molecule has 1 aliphatic heterocycles. The van der Waals surface area contributed by atoms with E-state index in [0.717, 1.165) is 16.6 Å². The molecule has 2 atom stereocenters. The van der Waals surface area contributed by atoms with Gasteiger partial charge in [0.25, 0.3) is 0 Å². The summed E-state index contributed by atoms with van der Waals surface area (Å²) < 4.78 is 24.6. The molecule has 1 fully saturated rings. The van der Waals surface area contributed by atoms with Gasteiger partial charge < -0.3 is 10.8 Å². The van der Waals surface area contributed by atoms with E-state index in [0.29, 0.717) is 34.9 Å². The van der Waals surface area contributed by atoms with Gasteiger partial charge in [-0.25, -0.2) is 12.7 Å². The normalized spacial score (nSPS) is 20.8. The molecule has 0 amide bonds. The van der Waals surface area contributed by atoms with E-state index in [1.54, 1.807) is 0 Å². The minimum absolute atomic E-state index is 0.117. The van der Waals surface area contributed by atoms with E-state index in [1.807, 2.05) is 13.8 Å². The number of aryl methyl sites for hydroxylation is 2. The zero-order valence-corrected chi connectivity index (χ0v) is 15.4. The predicted octanol–water partition coefficient (Wildman–Crippen LogP) is 0.505. The lowest BCUT2D eigenvalue weighted by Gasteiger charge is -2.18. The Labute approximate surface area is 144 Å². The molecule has 0 radical (unpaired) electrons. The Balaban J connectivity index is 1.81. The van der Waals surface area contributed by atoms with Crippen molar-refractivity contribution in [1.82, 2.24) is 19.8 Å². The molecule has 3 heterocycles. The lowest BCUT2D eigenvalue weighted by atomic mass is 10.1. The molecule has 3 rings (SSSR count). The highest BCUT2D eigenvalue weighted by molar-refractivity contribution is 7.88. The van der Waals surface area contributed by atoms with Crippen LogP contribution in [0, 0.1) is 13.8 Å². The SMILES string of the molecule is Cc1nnc2sc(C(O)N[C@H]3CCN(S(C)(=O)=O)C3)c(N)c2c1C. The van der Waals surface area contributed by atoms with Crippen molar-refractivity contribution in [2.24, 2.45) is 0 Å². The minimum atomic E-state index is -3.20. The molecule has 1 aliphatic rings. The molecule has 2 aromatic heterocycles. The summed E-state index contributed by atoms with van der Waals surface area (Å²) in [6.07, 6.45) is 0.875. The highest BCUT2D eigenvalue weighted by Gasteiger charge is 2.31. The van der Waals surface area contributed by atoms with Crippen molar-refractivity contribution in [1.29, 1.82) is 0 Å². The van der Waals surface area contributed by atoms with E-state index >= 15 is 0 Å². The number of aromatic nitrogens is 2. The van der Waals surface area contributed by atoms with Crippen molar-refractivity contribution in [3.8, 4) is 0 Å². The van der Waals surface area contributed by atoms with Gasteiger partial charge in [-0.1, -0.05) is 0 Å². The number of nitrogens with one attached hydrogen (secondary N) is 1. The number of hydrogen-bond acceptors (Lipinski definition) is 8. The molecule has 1 unspecified atom stereocenters. The number of aliphatic hydroxyl groups is 1. The number of aliphatic hydroxyl groups excluding tert-OH is 1. The van der Waals surface area contributed by atoms with Crippen molar-refractivity contribution >= 4 is 37.3 Å². The molecular weight excluding hydrogens is 350 g/mol. The van der Waals surface area contributed by atoms with Crippen molar-refractivity contribution in [3.63, 3.8) is 0 Å². The van der Waals surface area contributed by atoms with E-state index in [4.69, 9.17) is 5.73 Å². The molecule has 24 heavy (non-hydrogen) atoms. The van der Waals surface area contributed by atoms with Crippen LogP contribution in [0.25, 0.3) is 10.2 Å². The van der Waals surface area contributed by atoms with Crippen LogP contribution >= 0.6 is 11.3 Å². The second-order valence-electron chi connectivity index (χ2n) is 6.15. The highest BCUT2D eigenvalue weighted by Crippen LogP contribution is 2.38. The number of anilines is 1. The summed E-state index contributed by atoms with van der Waals surface area (Å²) in [5.41, 5.74) is 8.48. The van der Waals surface area contributed by atoms with Gasteiger partial charge in [0.15, 0.2) is 0 Å². The number of thiophene rings is 1. The van der Waals surface area contributed by atoms with Crippen LogP contribution in [-0.2, 0) is 10.0 Å². The van der Waals surface area contributed by atoms with Crippen LogP contribution < -0.4 is 11.1 Å². The maximum Gasteiger partial charge on any atom is 0.211 e. The largest absolute Gasteiger partial charge is 0.397 e. The second kappa shape index (κ2) is 6.19. The quantitative estimate of drug-likeness (QED) is 0.669. The van der Waals surface area contributed by atoms with Gasteiger partial charge in [0, 0.05) is 24.5 Å². The highest BCUT2D eigenvalue weighted by atomic mass is 32.2. The number of hydrogen-bond donors (Lipinski definition) is 3. The predicted molar refractivity (Wildman–Crippen MR) is 94.2 cm³/mol.